The number of amides is 2. The zero-order chi connectivity index (χ0) is 21.7. The third-order valence-corrected chi connectivity index (χ3v) is 5.10. The average molecular weight is 417 g/mol. The molecule has 7 nitrogen and oxygen atoms in total. The fraction of sp³-hybridized carbons (Fsp3) is 0.381. The molecule has 4 N–H and O–H groups in total. The summed E-state index contributed by atoms with van der Waals surface area (Å²) in [6.07, 6.45) is 2.91. The molecule has 30 heavy (non-hydrogen) atoms. The van der Waals surface area contributed by atoms with Gasteiger partial charge in [0.05, 0.1) is 6.17 Å². The van der Waals surface area contributed by atoms with E-state index in [1.165, 1.54) is 17.9 Å². The summed E-state index contributed by atoms with van der Waals surface area (Å²) in [4.78, 5) is 31.0. The van der Waals surface area contributed by atoms with Crippen LogP contribution >= 0.6 is 0 Å². The first-order valence-corrected chi connectivity index (χ1v) is 9.79. The fourth-order valence-corrected chi connectivity index (χ4v) is 3.61. The van der Waals surface area contributed by atoms with Gasteiger partial charge in [-0.3, -0.25) is 14.9 Å². The predicted octanol–water partition coefficient (Wildman–Crippen LogP) is 1.73. The molecule has 1 aromatic carbocycles. The first-order valence-electron chi connectivity index (χ1n) is 9.79. The number of hydrogen-bond donors (Lipinski definition) is 3. The van der Waals surface area contributed by atoms with Crippen molar-refractivity contribution in [3.05, 3.63) is 59.3 Å². The molecule has 1 aliphatic heterocycles. The minimum absolute atomic E-state index is 0.0563. The molecule has 0 aliphatic carbocycles. The zero-order valence-electron chi connectivity index (χ0n) is 16.7. The van der Waals surface area contributed by atoms with Gasteiger partial charge >= 0.3 is 0 Å². The Morgan fingerprint density at radius 3 is 2.63 bits per heavy atom. The molecule has 1 aliphatic rings. The number of pyridine rings is 1. The van der Waals surface area contributed by atoms with E-state index in [2.05, 4.69) is 15.6 Å². The standard InChI is InChI=1S/C21H25F2N5O2/c1-13(29)28(20-3-2-8-25-20)18(10-14-4-6-16(22)17(23)9-14)21(30)27-12-15-5-7-19(24)26-11-15/h4-7,9,11,18,20,25H,2-3,8,10,12H2,1H3,(H2,24,26)(H,27,30)/t18-,20?/m0/s1. The van der Waals surface area contributed by atoms with Crippen molar-refractivity contribution >= 4 is 17.6 Å². The maximum Gasteiger partial charge on any atom is 0.243 e. The molecule has 1 saturated heterocycles. The molecule has 1 aromatic heterocycles. The van der Waals surface area contributed by atoms with E-state index in [0.29, 0.717) is 17.8 Å². The summed E-state index contributed by atoms with van der Waals surface area (Å²) in [5.74, 6) is -2.24. The van der Waals surface area contributed by atoms with E-state index in [0.717, 1.165) is 30.7 Å². The van der Waals surface area contributed by atoms with Crippen molar-refractivity contribution in [1.82, 2.24) is 20.5 Å². The molecule has 9 heteroatoms. The quantitative estimate of drug-likeness (QED) is 0.637. The molecule has 1 fully saturated rings. The van der Waals surface area contributed by atoms with Gasteiger partial charge in [0.2, 0.25) is 11.8 Å². The lowest BCUT2D eigenvalue weighted by Crippen LogP contribution is -2.56. The summed E-state index contributed by atoms with van der Waals surface area (Å²) >= 11 is 0. The molecule has 2 aromatic rings. The molecule has 2 amide bonds. The summed E-state index contributed by atoms with van der Waals surface area (Å²) in [7, 11) is 0. The summed E-state index contributed by atoms with van der Waals surface area (Å²) in [5, 5.41) is 6.04. The highest BCUT2D eigenvalue weighted by molar-refractivity contribution is 5.87. The lowest BCUT2D eigenvalue weighted by molar-refractivity contribution is -0.142. The van der Waals surface area contributed by atoms with Gasteiger partial charge < -0.3 is 16.0 Å². The van der Waals surface area contributed by atoms with Crippen LogP contribution in [0.15, 0.2) is 36.5 Å². The number of rotatable bonds is 7. The Morgan fingerprint density at radius 2 is 2.03 bits per heavy atom. The van der Waals surface area contributed by atoms with Crippen molar-refractivity contribution in [3.63, 3.8) is 0 Å². The van der Waals surface area contributed by atoms with Crippen LogP contribution in [0.4, 0.5) is 14.6 Å². The van der Waals surface area contributed by atoms with E-state index in [4.69, 9.17) is 5.73 Å². The van der Waals surface area contributed by atoms with Gasteiger partial charge in [-0.2, -0.15) is 0 Å². The molecule has 2 heterocycles. The van der Waals surface area contributed by atoms with Gasteiger partial charge in [0, 0.05) is 26.1 Å². The van der Waals surface area contributed by atoms with Crippen molar-refractivity contribution in [1.29, 1.82) is 0 Å². The fourth-order valence-electron chi connectivity index (χ4n) is 3.61. The van der Waals surface area contributed by atoms with Crippen LogP contribution in [0.3, 0.4) is 0 Å². The lowest BCUT2D eigenvalue weighted by Gasteiger charge is -2.35. The Kier molecular flexibility index (Phi) is 6.94. The number of carbonyl (C=O) groups is 2. The second-order valence-electron chi connectivity index (χ2n) is 7.32. The number of nitrogen functional groups attached to an aromatic ring is 1. The highest BCUT2D eigenvalue weighted by Crippen LogP contribution is 2.19. The van der Waals surface area contributed by atoms with E-state index < -0.39 is 17.7 Å². The number of benzene rings is 1. The van der Waals surface area contributed by atoms with Crippen LogP contribution in [0.1, 0.15) is 30.9 Å². The minimum atomic E-state index is -0.993. The second kappa shape index (κ2) is 9.62. The Hall–Kier alpha value is -3.07. The second-order valence-corrected chi connectivity index (χ2v) is 7.32. The third-order valence-electron chi connectivity index (χ3n) is 5.10. The number of aromatic nitrogens is 1. The average Bonchev–Trinajstić information content (AvgIpc) is 3.23. The van der Waals surface area contributed by atoms with E-state index in [1.54, 1.807) is 18.3 Å². The molecule has 3 rings (SSSR count). The molecule has 160 valence electrons. The maximum absolute atomic E-state index is 13.7. The van der Waals surface area contributed by atoms with Gasteiger partial charge in [0.1, 0.15) is 11.9 Å². The van der Waals surface area contributed by atoms with Crippen LogP contribution in [-0.2, 0) is 22.6 Å². The van der Waals surface area contributed by atoms with Crippen molar-refractivity contribution < 1.29 is 18.4 Å². The largest absolute Gasteiger partial charge is 0.384 e. The molecular weight excluding hydrogens is 392 g/mol. The number of nitrogens with one attached hydrogen (secondary N) is 2. The zero-order valence-corrected chi connectivity index (χ0v) is 16.7. The molecular formula is C21H25F2N5O2. The summed E-state index contributed by atoms with van der Waals surface area (Å²) in [6.45, 7) is 2.34. The van der Waals surface area contributed by atoms with Crippen LogP contribution in [0, 0.1) is 11.6 Å². The first-order chi connectivity index (χ1) is 14.3. The maximum atomic E-state index is 13.7. The highest BCUT2D eigenvalue weighted by Gasteiger charge is 2.35. The van der Waals surface area contributed by atoms with Crippen molar-refractivity contribution in [2.24, 2.45) is 0 Å². The smallest absolute Gasteiger partial charge is 0.243 e. The molecule has 1 unspecified atom stereocenters. The van der Waals surface area contributed by atoms with Crippen molar-refractivity contribution in [2.45, 2.75) is 44.9 Å². The van der Waals surface area contributed by atoms with E-state index >= 15 is 0 Å². The van der Waals surface area contributed by atoms with Crippen molar-refractivity contribution in [3.8, 4) is 0 Å². The Balaban J connectivity index is 1.82. The summed E-state index contributed by atoms with van der Waals surface area (Å²) in [5.41, 5.74) is 6.75. The number of anilines is 1. The van der Waals surface area contributed by atoms with Gasteiger partial charge in [-0.25, -0.2) is 13.8 Å². The van der Waals surface area contributed by atoms with Crippen molar-refractivity contribution in [2.75, 3.05) is 12.3 Å². The monoisotopic (exact) mass is 417 g/mol. The van der Waals surface area contributed by atoms with E-state index in [-0.39, 0.29) is 30.9 Å². The minimum Gasteiger partial charge on any atom is -0.384 e. The van der Waals surface area contributed by atoms with Crippen LogP contribution < -0.4 is 16.4 Å². The van der Waals surface area contributed by atoms with Crippen LogP contribution in [-0.4, -0.2) is 40.5 Å². The first kappa shape index (κ1) is 21.6. The van der Waals surface area contributed by atoms with E-state index in [1.807, 2.05) is 0 Å². The molecule has 0 spiro atoms. The Morgan fingerprint density at radius 1 is 1.27 bits per heavy atom. The van der Waals surface area contributed by atoms with Gasteiger partial charge in [0.25, 0.3) is 0 Å². The molecule has 0 radical (unpaired) electrons. The summed E-state index contributed by atoms with van der Waals surface area (Å²) < 4.78 is 27.0. The number of nitrogens with zero attached hydrogens (tertiary/aromatic N) is 2. The molecule has 0 bridgehead atoms. The molecule has 0 saturated carbocycles. The third kappa shape index (κ3) is 5.29. The summed E-state index contributed by atoms with van der Waals surface area (Å²) in [6, 6.07) is 5.98. The number of hydrogen-bond acceptors (Lipinski definition) is 5. The van der Waals surface area contributed by atoms with E-state index in [9.17, 15) is 18.4 Å². The predicted molar refractivity (Wildman–Crippen MR) is 108 cm³/mol. The topological polar surface area (TPSA) is 100 Å². The van der Waals surface area contributed by atoms with Crippen LogP contribution in [0.2, 0.25) is 0 Å². The van der Waals surface area contributed by atoms with Gasteiger partial charge in [0.15, 0.2) is 11.6 Å². The Bertz CT molecular complexity index is 901. The van der Waals surface area contributed by atoms with Gasteiger partial charge in [-0.15, -0.1) is 0 Å². The number of carbonyl (C=O) groups excluding carboxylic acids is 2. The number of nitrogens with two attached hydrogens (primary N) is 1. The lowest BCUT2D eigenvalue weighted by atomic mass is 10.0. The van der Waals surface area contributed by atoms with Gasteiger partial charge in [-0.1, -0.05) is 12.1 Å². The molecule has 2 atom stereocenters. The highest BCUT2D eigenvalue weighted by atomic mass is 19.2. The SMILES string of the molecule is CC(=O)N(C1CCCN1)[C@@H](Cc1ccc(F)c(F)c1)C(=O)NCc1ccc(N)nc1. The Labute approximate surface area is 173 Å². The van der Waals surface area contributed by atoms with Crippen LogP contribution in [0.25, 0.3) is 0 Å². The normalized spacial score (nSPS) is 16.8. The number of halogens is 2. The van der Waals surface area contributed by atoms with Gasteiger partial charge in [-0.05, 0) is 48.7 Å². The van der Waals surface area contributed by atoms with Crippen LogP contribution in [0.5, 0.6) is 0 Å².